The minimum atomic E-state index is -0.0999. The molecular formula is C20H18N4OS. The summed E-state index contributed by atoms with van der Waals surface area (Å²) in [6.07, 6.45) is 1.58. The predicted octanol–water partition coefficient (Wildman–Crippen LogP) is 3.97. The zero-order chi connectivity index (χ0) is 18.1. The van der Waals surface area contributed by atoms with Gasteiger partial charge in [0.1, 0.15) is 5.39 Å². The van der Waals surface area contributed by atoms with Crippen molar-refractivity contribution in [1.29, 1.82) is 0 Å². The van der Waals surface area contributed by atoms with E-state index in [0.29, 0.717) is 16.2 Å². The molecule has 0 saturated carbocycles. The molecule has 0 unspecified atom stereocenters. The monoisotopic (exact) mass is 362 g/mol. The maximum Gasteiger partial charge on any atom is 0.269 e. The largest absolute Gasteiger partial charge is 0.269 e. The third kappa shape index (κ3) is 2.93. The second-order valence-electron chi connectivity index (χ2n) is 6.05. The summed E-state index contributed by atoms with van der Waals surface area (Å²) < 4.78 is 3.32. The lowest BCUT2D eigenvalue weighted by Crippen LogP contribution is -2.22. The van der Waals surface area contributed by atoms with Crippen LogP contribution in [0.4, 0.5) is 0 Å². The van der Waals surface area contributed by atoms with Crippen molar-refractivity contribution in [3.05, 3.63) is 82.8 Å². The van der Waals surface area contributed by atoms with Crippen molar-refractivity contribution in [3.8, 4) is 5.69 Å². The molecule has 0 amide bonds. The highest BCUT2D eigenvalue weighted by Gasteiger charge is 2.18. The van der Waals surface area contributed by atoms with E-state index in [0.717, 1.165) is 5.69 Å². The Morgan fingerprint density at radius 2 is 1.65 bits per heavy atom. The van der Waals surface area contributed by atoms with Gasteiger partial charge in [-0.25, -0.2) is 4.98 Å². The first-order valence-electron chi connectivity index (χ1n) is 8.37. The standard InChI is InChI=1S/C20H18N4OS/c1-14(15-9-5-3-6-10-15)26-20-22-18-17(13-21-23(18)2)19(25)24(20)16-11-7-4-8-12-16/h3-14H,1-2H3/t14-/m1/s1. The van der Waals surface area contributed by atoms with Crippen molar-refractivity contribution >= 4 is 22.8 Å². The van der Waals surface area contributed by atoms with Crippen LogP contribution in [-0.2, 0) is 7.05 Å². The summed E-state index contributed by atoms with van der Waals surface area (Å²) in [5.41, 5.74) is 2.50. The Morgan fingerprint density at radius 1 is 1.00 bits per heavy atom. The number of thioether (sulfide) groups is 1. The molecule has 0 saturated heterocycles. The van der Waals surface area contributed by atoms with Gasteiger partial charge in [-0.15, -0.1) is 0 Å². The van der Waals surface area contributed by atoms with Crippen LogP contribution < -0.4 is 5.56 Å². The van der Waals surface area contributed by atoms with Gasteiger partial charge in [0.05, 0.1) is 11.9 Å². The van der Waals surface area contributed by atoms with Crippen LogP contribution in [0.2, 0.25) is 0 Å². The van der Waals surface area contributed by atoms with Crippen LogP contribution in [-0.4, -0.2) is 19.3 Å². The van der Waals surface area contributed by atoms with E-state index in [2.05, 4.69) is 24.2 Å². The number of rotatable bonds is 4. The Kier molecular flexibility index (Phi) is 4.34. The Labute approximate surface area is 155 Å². The average Bonchev–Trinajstić information content (AvgIpc) is 3.04. The van der Waals surface area contributed by atoms with Gasteiger partial charge in [0.2, 0.25) is 0 Å². The Bertz CT molecular complexity index is 1100. The van der Waals surface area contributed by atoms with Crippen molar-refractivity contribution in [2.24, 2.45) is 7.05 Å². The molecule has 0 aliphatic rings. The molecule has 0 fully saturated rings. The lowest BCUT2D eigenvalue weighted by Gasteiger charge is -2.16. The molecule has 2 aromatic heterocycles. The highest BCUT2D eigenvalue weighted by Crippen LogP contribution is 2.34. The summed E-state index contributed by atoms with van der Waals surface area (Å²) >= 11 is 1.57. The number of para-hydroxylation sites is 1. The van der Waals surface area contributed by atoms with Crippen LogP contribution >= 0.6 is 11.8 Å². The van der Waals surface area contributed by atoms with Crippen LogP contribution in [0.15, 0.2) is 76.8 Å². The van der Waals surface area contributed by atoms with E-state index in [-0.39, 0.29) is 10.8 Å². The van der Waals surface area contributed by atoms with Crippen LogP contribution in [0.3, 0.4) is 0 Å². The molecule has 0 aliphatic heterocycles. The van der Waals surface area contributed by atoms with Gasteiger partial charge in [0.15, 0.2) is 10.8 Å². The number of aromatic nitrogens is 4. The molecule has 4 rings (SSSR count). The summed E-state index contributed by atoms with van der Waals surface area (Å²) in [5, 5.41) is 5.54. The van der Waals surface area contributed by atoms with E-state index in [1.165, 1.54) is 5.56 Å². The summed E-state index contributed by atoms with van der Waals surface area (Å²) in [6, 6.07) is 19.8. The minimum Gasteiger partial charge on any atom is -0.268 e. The van der Waals surface area contributed by atoms with Gasteiger partial charge < -0.3 is 0 Å². The first-order chi connectivity index (χ1) is 12.6. The number of hydrogen-bond donors (Lipinski definition) is 0. The van der Waals surface area contributed by atoms with Gasteiger partial charge in [0, 0.05) is 12.3 Å². The number of fused-ring (bicyclic) bond motifs is 1. The summed E-state index contributed by atoms with van der Waals surface area (Å²) in [5.74, 6) is 0. The van der Waals surface area contributed by atoms with E-state index in [4.69, 9.17) is 4.98 Å². The van der Waals surface area contributed by atoms with E-state index >= 15 is 0 Å². The number of aryl methyl sites for hydroxylation is 1. The van der Waals surface area contributed by atoms with Crippen LogP contribution in [0.25, 0.3) is 16.7 Å². The lowest BCUT2D eigenvalue weighted by molar-refractivity contribution is 0.757. The summed E-state index contributed by atoms with van der Waals surface area (Å²) in [6.45, 7) is 2.12. The molecule has 2 aromatic carbocycles. The SMILES string of the molecule is C[C@@H](Sc1nc2c(cnn2C)c(=O)n1-c1ccccc1)c1ccccc1. The van der Waals surface area contributed by atoms with Crippen LogP contribution in [0, 0.1) is 0 Å². The van der Waals surface area contributed by atoms with Gasteiger partial charge in [-0.05, 0) is 24.6 Å². The smallest absolute Gasteiger partial charge is 0.268 e. The van der Waals surface area contributed by atoms with Gasteiger partial charge >= 0.3 is 0 Å². The second-order valence-corrected chi connectivity index (χ2v) is 7.35. The fraction of sp³-hybridized carbons (Fsp3) is 0.150. The molecule has 5 nitrogen and oxygen atoms in total. The molecule has 26 heavy (non-hydrogen) atoms. The van der Waals surface area contributed by atoms with Crippen molar-refractivity contribution in [2.75, 3.05) is 0 Å². The second kappa shape index (κ2) is 6.80. The molecule has 0 spiro atoms. The number of nitrogens with zero attached hydrogens (tertiary/aromatic N) is 4. The van der Waals surface area contributed by atoms with Gasteiger partial charge in [-0.3, -0.25) is 14.0 Å². The predicted molar refractivity (Wildman–Crippen MR) is 105 cm³/mol. The molecule has 1 atom stereocenters. The van der Waals surface area contributed by atoms with Crippen LogP contribution in [0.1, 0.15) is 17.7 Å². The molecule has 130 valence electrons. The lowest BCUT2D eigenvalue weighted by atomic mass is 10.2. The quantitative estimate of drug-likeness (QED) is 0.407. The average molecular weight is 362 g/mol. The first-order valence-corrected chi connectivity index (χ1v) is 9.25. The number of hydrogen-bond acceptors (Lipinski definition) is 4. The normalized spacial score (nSPS) is 12.4. The van der Waals surface area contributed by atoms with Crippen molar-refractivity contribution in [3.63, 3.8) is 0 Å². The van der Waals surface area contributed by atoms with Crippen molar-refractivity contribution in [1.82, 2.24) is 19.3 Å². The molecule has 0 bridgehead atoms. The van der Waals surface area contributed by atoms with Gasteiger partial charge in [-0.1, -0.05) is 60.3 Å². The highest BCUT2D eigenvalue weighted by atomic mass is 32.2. The first kappa shape index (κ1) is 16.6. The maximum absolute atomic E-state index is 13.1. The highest BCUT2D eigenvalue weighted by molar-refractivity contribution is 7.99. The Morgan fingerprint density at radius 3 is 2.35 bits per heavy atom. The molecule has 0 aliphatic carbocycles. The third-order valence-electron chi connectivity index (χ3n) is 4.30. The molecule has 6 heteroatoms. The topological polar surface area (TPSA) is 52.7 Å². The third-order valence-corrected chi connectivity index (χ3v) is 5.41. The van der Waals surface area contributed by atoms with E-state index in [9.17, 15) is 4.79 Å². The Balaban J connectivity index is 1.89. The van der Waals surface area contributed by atoms with Gasteiger partial charge in [-0.2, -0.15) is 5.10 Å². The molecule has 4 aromatic rings. The van der Waals surface area contributed by atoms with E-state index in [1.54, 1.807) is 34.3 Å². The minimum absolute atomic E-state index is 0.0999. The van der Waals surface area contributed by atoms with Crippen LogP contribution in [0.5, 0.6) is 0 Å². The van der Waals surface area contributed by atoms with Gasteiger partial charge in [0.25, 0.3) is 5.56 Å². The molecule has 2 heterocycles. The molecule has 0 radical (unpaired) electrons. The number of benzene rings is 2. The maximum atomic E-state index is 13.1. The van der Waals surface area contributed by atoms with Crippen molar-refractivity contribution in [2.45, 2.75) is 17.3 Å². The zero-order valence-corrected chi connectivity index (χ0v) is 15.4. The fourth-order valence-electron chi connectivity index (χ4n) is 2.90. The summed E-state index contributed by atoms with van der Waals surface area (Å²) in [4.78, 5) is 17.9. The van der Waals surface area contributed by atoms with Crippen molar-refractivity contribution < 1.29 is 0 Å². The van der Waals surface area contributed by atoms with E-state index in [1.807, 2.05) is 48.5 Å². The fourth-order valence-corrected chi connectivity index (χ4v) is 3.94. The summed E-state index contributed by atoms with van der Waals surface area (Å²) in [7, 11) is 1.80. The zero-order valence-electron chi connectivity index (χ0n) is 14.5. The molecular weight excluding hydrogens is 344 g/mol. The van der Waals surface area contributed by atoms with E-state index < -0.39 is 0 Å². The Hall–Kier alpha value is -2.86. The molecule has 0 N–H and O–H groups in total.